The molecule has 2 fully saturated rings. The maximum absolute atomic E-state index is 15.6. The van der Waals surface area contributed by atoms with Gasteiger partial charge >= 0.3 is 0 Å². The number of hydrogen-bond acceptors (Lipinski definition) is 8. The number of likely N-dealkylation sites (tertiary alicyclic amines) is 1. The highest BCUT2D eigenvalue weighted by atomic mass is 19.1. The molecule has 2 aliphatic rings. The Labute approximate surface area is 249 Å². The monoisotopic (exact) mass is 580 g/mol. The fraction of sp³-hybridized carbons (Fsp3) is 0.344. The number of amides is 1. The fourth-order valence-corrected chi connectivity index (χ4v) is 5.78. The third-order valence-electron chi connectivity index (χ3n) is 7.86. The van der Waals surface area contributed by atoms with E-state index in [4.69, 9.17) is 15.6 Å². The largest absolute Gasteiger partial charge is 0.457 e. The van der Waals surface area contributed by atoms with Gasteiger partial charge < -0.3 is 20.7 Å². The van der Waals surface area contributed by atoms with Crippen molar-refractivity contribution < 1.29 is 13.9 Å². The van der Waals surface area contributed by atoms with Crippen molar-refractivity contribution in [3.05, 3.63) is 72.3 Å². The van der Waals surface area contributed by atoms with Gasteiger partial charge in [-0.25, -0.2) is 19.0 Å². The normalized spacial score (nSPS) is 18.1. The molecule has 3 heterocycles. The molecule has 1 unspecified atom stereocenters. The third-order valence-corrected chi connectivity index (χ3v) is 7.86. The molecule has 3 N–H and O–H groups in total. The molecule has 43 heavy (non-hydrogen) atoms. The maximum Gasteiger partial charge on any atom is 0.264 e. The van der Waals surface area contributed by atoms with Crippen LogP contribution in [0.1, 0.15) is 45.6 Å². The topological polar surface area (TPSA) is 135 Å². The average Bonchev–Trinajstić information content (AvgIpc) is 3.63. The van der Waals surface area contributed by atoms with Crippen molar-refractivity contribution in [2.24, 2.45) is 0 Å². The van der Waals surface area contributed by atoms with E-state index in [0.29, 0.717) is 47.7 Å². The zero-order valence-corrected chi connectivity index (χ0v) is 24.1. The van der Waals surface area contributed by atoms with Crippen LogP contribution in [-0.2, 0) is 4.79 Å². The van der Waals surface area contributed by atoms with Gasteiger partial charge in [-0.15, -0.1) is 0 Å². The number of fused-ring (bicyclic) bond motifs is 1. The summed E-state index contributed by atoms with van der Waals surface area (Å²) in [4.78, 5) is 23.8. The minimum Gasteiger partial charge on any atom is -0.457 e. The highest BCUT2D eigenvalue weighted by molar-refractivity contribution is 5.99. The van der Waals surface area contributed by atoms with Crippen LogP contribution in [0.2, 0.25) is 0 Å². The molecular weight excluding hydrogens is 547 g/mol. The van der Waals surface area contributed by atoms with Gasteiger partial charge in [-0.1, -0.05) is 32.0 Å². The zero-order chi connectivity index (χ0) is 30.1. The quantitative estimate of drug-likeness (QED) is 0.216. The molecule has 2 aromatic heterocycles. The first-order valence-corrected chi connectivity index (χ1v) is 14.5. The SMILES string of the molecule is CC(C)NC1(C=C(C#N)C(=O)N2CCCC(n3nc(-c4ccc(Oc5ccccc5)cc4F)c4c(N)ncnc43)C2)CC1. The number of para-hydroxylation sites is 1. The van der Waals surface area contributed by atoms with Crippen molar-refractivity contribution in [3.63, 3.8) is 0 Å². The van der Waals surface area contributed by atoms with E-state index in [1.54, 1.807) is 39.9 Å². The van der Waals surface area contributed by atoms with Gasteiger partial charge in [-0.3, -0.25) is 4.79 Å². The Hall–Kier alpha value is -4.82. The van der Waals surface area contributed by atoms with Gasteiger partial charge in [0.25, 0.3) is 5.91 Å². The second-order valence-electron chi connectivity index (χ2n) is 11.5. The molecule has 6 rings (SSSR count). The summed E-state index contributed by atoms with van der Waals surface area (Å²) in [5.74, 6) is 0.295. The number of carbonyl (C=O) groups excluding carboxylic acids is 1. The van der Waals surface area contributed by atoms with Gasteiger partial charge in [0.1, 0.15) is 46.8 Å². The number of piperidine rings is 1. The molecule has 220 valence electrons. The standard InChI is InChI=1S/C32H33FN8O2/c1-20(2)38-32(12-13-32)16-21(17-34)31(42)40-14-6-7-22(18-40)41-30-27(29(35)36-19-37-30)28(39-41)25-11-10-24(15-26(25)33)43-23-8-4-3-5-9-23/h3-5,8-11,15-16,19-20,22,38H,6-7,12-14,18H2,1-2H3,(H2,35,36,37). The minimum atomic E-state index is -0.531. The van der Waals surface area contributed by atoms with E-state index in [0.717, 1.165) is 19.3 Å². The first-order chi connectivity index (χ1) is 20.8. The van der Waals surface area contributed by atoms with Crippen LogP contribution < -0.4 is 15.8 Å². The summed E-state index contributed by atoms with van der Waals surface area (Å²) in [5, 5.41) is 18.6. The van der Waals surface area contributed by atoms with Crippen LogP contribution in [-0.4, -0.2) is 55.2 Å². The number of carbonyl (C=O) groups is 1. The smallest absolute Gasteiger partial charge is 0.264 e. The number of rotatable bonds is 8. The molecule has 1 aliphatic heterocycles. The second kappa shape index (κ2) is 11.5. The van der Waals surface area contributed by atoms with E-state index >= 15 is 4.39 Å². The summed E-state index contributed by atoms with van der Waals surface area (Å²) >= 11 is 0. The van der Waals surface area contributed by atoms with Crippen molar-refractivity contribution in [1.29, 1.82) is 5.26 Å². The summed E-state index contributed by atoms with van der Waals surface area (Å²) < 4.78 is 23.1. The van der Waals surface area contributed by atoms with Crippen molar-refractivity contribution in [3.8, 4) is 28.8 Å². The second-order valence-corrected chi connectivity index (χ2v) is 11.5. The van der Waals surface area contributed by atoms with E-state index in [1.807, 2.05) is 18.2 Å². The Kier molecular flexibility index (Phi) is 7.54. The fourth-order valence-electron chi connectivity index (χ4n) is 5.78. The van der Waals surface area contributed by atoms with Crippen LogP contribution in [0.4, 0.5) is 10.2 Å². The van der Waals surface area contributed by atoms with E-state index in [9.17, 15) is 10.1 Å². The van der Waals surface area contributed by atoms with Gasteiger partial charge in [-0.2, -0.15) is 10.4 Å². The lowest BCUT2D eigenvalue weighted by molar-refractivity contribution is -0.128. The van der Waals surface area contributed by atoms with E-state index < -0.39 is 5.82 Å². The maximum atomic E-state index is 15.6. The number of nitrogen functional groups attached to an aromatic ring is 1. The molecule has 2 aromatic carbocycles. The van der Waals surface area contributed by atoms with E-state index in [-0.39, 0.29) is 40.5 Å². The summed E-state index contributed by atoms with van der Waals surface area (Å²) in [5.41, 5.74) is 7.14. The van der Waals surface area contributed by atoms with Gasteiger partial charge in [0.2, 0.25) is 0 Å². The number of nitrogens with one attached hydrogen (secondary N) is 1. The van der Waals surface area contributed by atoms with Crippen LogP contribution >= 0.6 is 0 Å². The van der Waals surface area contributed by atoms with Crippen molar-refractivity contribution >= 4 is 22.8 Å². The first-order valence-electron chi connectivity index (χ1n) is 14.5. The van der Waals surface area contributed by atoms with Gasteiger partial charge in [0, 0.05) is 36.3 Å². The van der Waals surface area contributed by atoms with Crippen LogP contribution in [0, 0.1) is 17.1 Å². The molecule has 0 bridgehead atoms. The summed E-state index contributed by atoms with van der Waals surface area (Å²) in [6.07, 6.45) is 6.37. The van der Waals surface area contributed by atoms with Gasteiger partial charge in [0.15, 0.2) is 5.65 Å². The number of nitrogens with zero attached hydrogens (tertiary/aromatic N) is 6. The lowest BCUT2D eigenvalue weighted by Crippen LogP contribution is -2.42. The molecule has 0 radical (unpaired) electrons. The molecule has 11 heteroatoms. The molecular formula is C32H33FN8O2. The van der Waals surface area contributed by atoms with Crippen LogP contribution in [0.15, 0.2) is 66.5 Å². The van der Waals surface area contributed by atoms with Gasteiger partial charge in [-0.05, 0) is 56.0 Å². The van der Waals surface area contributed by atoms with Gasteiger partial charge in [0.05, 0.1) is 11.4 Å². The molecule has 1 aliphatic carbocycles. The highest BCUT2D eigenvalue weighted by Crippen LogP contribution is 2.39. The Morgan fingerprint density at radius 1 is 1.21 bits per heavy atom. The number of benzene rings is 2. The predicted molar refractivity (Wildman–Crippen MR) is 160 cm³/mol. The lowest BCUT2D eigenvalue weighted by Gasteiger charge is -2.33. The van der Waals surface area contributed by atoms with E-state index in [1.165, 1.54) is 12.4 Å². The first kappa shape index (κ1) is 28.3. The Bertz CT molecular complexity index is 1740. The van der Waals surface area contributed by atoms with Crippen molar-refractivity contribution in [2.75, 3.05) is 18.8 Å². The number of hydrogen-bond donors (Lipinski definition) is 2. The highest BCUT2D eigenvalue weighted by Gasteiger charge is 2.42. The number of aromatic nitrogens is 4. The molecule has 1 atom stereocenters. The molecule has 1 saturated carbocycles. The molecule has 10 nitrogen and oxygen atoms in total. The average molecular weight is 581 g/mol. The molecule has 0 spiro atoms. The molecule has 1 amide bonds. The zero-order valence-electron chi connectivity index (χ0n) is 24.1. The predicted octanol–water partition coefficient (Wildman–Crippen LogP) is 5.15. The number of anilines is 1. The number of nitriles is 1. The summed E-state index contributed by atoms with van der Waals surface area (Å²) in [6, 6.07) is 15.8. The van der Waals surface area contributed by atoms with Crippen LogP contribution in [0.25, 0.3) is 22.3 Å². The number of ether oxygens (including phenoxy) is 1. The molecule has 1 saturated heterocycles. The van der Waals surface area contributed by atoms with Crippen LogP contribution in [0.3, 0.4) is 0 Å². The minimum absolute atomic E-state index is 0.142. The van der Waals surface area contributed by atoms with E-state index in [2.05, 4.69) is 35.2 Å². The Balaban J connectivity index is 1.30. The number of nitrogens with two attached hydrogens (primary N) is 1. The van der Waals surface area contributed by atoms with Crippen molar-refractivity contribution in [1.82, 2.24) is 30.0 Å². The lowest BCUT2D eigenvalue weighted by atomic mass is 10.0. The summed E-state index contributed by atoms with van der Waals surface area (Å²) in [6.45, 7) is 4.96. The molecule has 4 aromatic rings. The summed E-state index contributed by atoms with van der Waals surface area (Å²) in [7, 11) is 0. The third kappa shape index (κ3) is 5.79. The number of halogens is 1. The Morgan fingerprint density at radius 3 is 2.70 bits per heavy atom. The van der Waals surface area contributed by atoms with Crippen LogP contribution in [0.5, 0.6) is 11.5 Å². The Morgan fingerprint density at radius 2 is 2.00 bits per heavy atom. The van der Waals surface area contributed by atoms with Crippen molar-refractivity contribution in [2.45, 2.75) is 57.2 Å².